The van der Waals surface area contributed by atoms with Crippen LogP contribution >= 0.6 is 0 Å². The molecule has 0 saturated heterocycles. The Labute approximate surface area is 175 Å². The largest absolute Gasteiger partial charge is 0.458 e. The Hall–Kier alpha value is -1.94. The van der Waals surface area contributed by atoms with E-state index in [1.54, 1.807) is 17.2 Å². The maximum absolute atomic E-state index is 11.3. The fourth-order valence-corrected chi connectivity index (χ4v) is 4.34. The highest BCUT2D eigenvalue weighted by Crippen LogP contribution is 2.42. The van der Waals surface area contributed by atoms with Crippen LogP contribution in [0.4, 0.5) is 0 Å². The second-order valence-electron chi connectivity index (χ2n) is 9.06. The standard InChI is InChI=1S/C25H36O4/c1-18(10-12-22-19(2)8-6-14-25(22,3)4)7-5-9-20(16-26)11-13-23(27)21-15-24(28)29-17-21/h7,11,15-16,23,27H,5-6,8-10,12-14,17H2,1-4H3/b18-7+,20-11+/t23-/m1/s1. The number of cyclic esters (lactones) is 1. The summed E-state index contributed by atoms with van der Waals surface area (Å²) >= 11 is 0. The number of aliphatic hydroxyl groups excluding tert-OH is 1. The molecule has 2 aliphatic rings. The summed E-state index contributed by atoms with van der Waals surface area (Å²) < 4.78 is 4.80. The van der Waals surface area contributed by atoms with Gasteiger partial charge in [0, 0.05) is 11.6 Å². The van der Waals surface area contributed by atoms with Crippen LogP contribution in [0.25, 0.3) is 0 Å². The minimum atomic E-state index is -0.774. The lowest BCUT2D eigenvalue weighted by Crippen LogP contribution is -2.20. The summed E-state index contributed by atoms with van der Waals surface area (Å²) in [6.07, 6.45) is 13.2. The minimum absolute atomic E-state index is 0.138. The zero-order valence-electron chi connectivity index (χ0n) is 18.4. The van der Waals surface area contributed by atoms with E-state index >= 15 is 0 Å². The minimum Gasteiger partial charge on any atom is -0.458 e. The van der Waals surface area contributed by atoms with E-state index in [4.69, 9.17) is 4.74 Å². The lowest BCUT2D eigenvalue weighted by atomic mass is 9.71. The maximum atomic E-state index is 11.3. The van der Waals surface area contributed by atoms with Crippen molar-refractivity contribution >= 4 is 12.3 Å². The third-order valence-electron chi connectivity index (χ3n) is 6.25. The number of hydrogen-bond acceptors (Lipinski definition) is 4. The molecule has 1 aliphatic heterocycles. The molecule has 1 aliphatic carbocycles. The number of aliphatic hydroxyl groups is 1. The summed E-state index contributed by atoms with van der Waals surface area (Å²) in [5, 5.41) is 10.1. The van der Waals surface area contributed by atoms with Gasteiger partial charge in [-0.15, -0.1) is 0 Å². The number of ether oxygens (including phenoxy) is 1. The number of carbonyl (C=O) groups excluding carboxylic acids is 2. The Kier molecular flexibility index (Phi) is 8.63. The Balaban J connectivity index is 1.81. The van der Waals surface area contributed by atoms with E-state index in [1.807, 2.05) is 0 Å². The number of aldehydes is 1. The van der Waals surface area contributed by atoms with E-state index in [1.165, 1.54) is 30.9 Å². The van der Waals surface area contributed by atoms with Crippen LogP contribution in [0.15, 0.2) is 46.1 Å². The number of carbonyl (C=O) groups is 2. The Morgan fingerprint density at radius 3 is 2.69 bits per heavy atom. The molecule has 1 heterocycles. The van der Waals surface area contributed by atoms with Crippen molar-refractivity contribution in [2.75, 3.05) is 6.61 Å². The fraction of sp³-hybridized carbons (Fsp3) is 0.600. The lowest BCUT2D eigenvalue weighted by Gasteiger charge is -2.35. The number of hydrogen-bond donors (Lipinski definition) is 1. The SMILES string of the molecule is CC1=C(CC/C(C)=C/CC/C(C=O)=C\C[C@@H](O)C2=CC(=O)OC2)C(C)(C)CCC1. The third-order valence-corrected chi connectivity index (χ3v) is 6.25. The van der Waals surface area contributed by atoms with Gasteiger partial charge in [-0.3, -0.25) is 4.79 Å². The predicted molar refractivity (Wildman–Crippen MR) is 116 cm³/mol. The van der Waals surface area contributed by atoms with Crippen LogP contribution in [0.3, 0.4) is 0 Å². The van der Waals surface area contributed by atoms with E-state index in [2.05, 4.69) is 33.8 Å². The van der Waals surface area contributed by atoms with Crippen molar-refractivity contribution in [1.29, 1.82) is 0 Å². The molecule has 1 atom stereocenters. The topological polar surface area (TPSA) is 63.6 Å². The molecule has 0 saturated carbocycles. The smallest absolute Gasteiger partial charge is 0.331 e. The van der Waals surface area contributed by atoms with Gasteiger partial charge in [-0.05, 0) is 76.2 Å². The molecule has 0 aromatic heterocycles. The summed E-state index contributed by atoms with van der Waals surface area (Å²) in [5.74, 6) is -0.415. The molecular formula is C25H36O4. The highest BCUT2D eigenvalue weighted by molar-refractivity contribution is 5.85. The molecule has 0 bridgehead atoms. The number of esters is 1. The molecule has 1 N–H and O–H groups in total. The quantitative estimate of drug-likeness (QED) is 0.231. The molecule has 0 fully saturated rings. The zero-order valence-corrected chi connectivity index (χ0v) is 18.4. The first-order valence-corrected chi connectivity index (χ1v) is 10.8. The predicted octanol–water partition coefficient (Wildman–Crippen LogP) is 5.38. The van der Waals surface area contributed by atoms with Gasteiger partial charge in [-0.25, -0.2) is 4.79 Å². The van der Waals surface area contributed by atoms with Gasteiger partial charge in [0.1, 0.15) is 12.9 Å². The van der Waals surface area contributed by atoms with Crippen molar-refractivity contribution in [2.24, 2.45) is 5.41 Å². The molecule has 0 unspecified atom stereocenters. The third kappa shape index (κ3) is 7.11. The van der Waals surface area contributed by atoms with E-state index < -0.39 is 12.1 Å². The van der Waals surface area contributed by atoms with Crippen LogP contribution in [0.5, 0.6) is 0 Å². The van der Waals surface area contributed by atoms with E-state index in [0.29, 0.717) is 29.4 Å². The summed E-state index contributed by atoms with van der Waals surface area (Å²) in [6, 6.07) is 0. The molecule has 160 valence electrons. The molecule has 0 radical (unpaired) electrons. The average molecular weight is 401 g/mol. The highest BCUT2D eigenvalue weighted by atomic mass is 16.5. The van der Waals surface area contributed by atoms with Gasteiger partial charge >= 0.3 is 5.97 Å². The van der Waals surface area contributed by atoms with E-state index in [0.717, 1.165) is 25.5 Å². The van der Waals surface area contributed by atoms with Crippen molar-refractivity contribution in [2.45, 2.75) is 85.2 Å². The monoisotopic (exact) mass is 400 g/mol. The van der Waals surface area contributed by atoms with Crippen molar-refractivity contribution in [3.63, 3.8) is 0 Å². The zero-order chi connectivity index (χ0) is 21.4. The van der Waals surface area contributed by atoms with Gasteiger partial charge in [-0.1, -0.05) is 42.7 Å². The van der Waals surface area contributed by atoms with E-state index in [9.17, 15) is 14.7 Å². The average Bonchev–Trinajstić information content (AvgIpc) is 3.09. The first-order valence-electron chi connectivity index (χ1n) is 10.8. The summed E-state index contributed by atoms with van der Waals surface area (Å²) in [5.41, 5.74) is 6.14. The Morgan fingerprint density at radius 2 is 2.07 bits per heavy atom. The highest BCUT2D eigenvalue weighted by Gasteiger charge is 2.27. The van der Waals surface area contributed by atoms with Crippen LogP contribution in [0.1, 0.15) is 79.1 Å². The fourth-order valence-electron chi connectivity index (χ4n) is 4.34. The van der Waals surface area contributed by atoms with Gasteiger partial charge in [0.2, 0.25) is 0 Å². The van der Waals surface area contributed by atoms with Crippen molar-refractivity contribution < 1.29 is 19.4 Å². The van der Waals surface area contributed by atoms with Crippen molar-refractivity contribution in [3.05, 3.63) is 46.1 Å². The number of allylic oxidation sites excluding steroid dienone is 5. The van der Waals surface area contributed by atoms with E-state index in [-0.39, 0.29) is 6.61 Å². The molecule has 4 heteroatoms. The van der Waals surface area contributed by atoms with Crippen molar-refractivity contribution in [1.82, 2.24) is 0 Å². The molecule has 0 aromatic rings. The first kappa shape index (κ1) is 23.3. The van der Waals surface area contributed by atoms with Crippen LogP contribution in [0, 0.1) is 5.41 Å². The molecule has 0 aromatic carbocycles. The van der Waals surface area contributed by atoms with Gasteiger partial charge < -0.3 is 9.84 Å². The van der Waals surface area contributed by atoms with Crippen LogP contribution in [-0.2, 0) is 14.3 Å². The molecule has 0 amide bonds. The second kappa shape index (κ2) is 10.7. The first-order chi connectivity index (χ1) is 13.7. The molecule has 2 rings (SSSR count). The van der Waals surface area contributed by atoms with Gasteiger partial charge in [0.05, 0.1) is 6.10 Å². The lowest BCUT2D eigenvalue weighted by molar-refractivity contribution is -0.135. The number of rotatable bonds is 10. The van der Waals surface area contributed by atoms with Crippen LogP contribution in [-0.4, -0.2) is 30.1 Å². The second-order valence-corrected chi connectivity index (χ2v) is 9.06. The van der Waals surface area contributed by atoms with Crippen LogP contribution < -0.4 is 0 Å². The normalized spacial score (nSPS) is 21.1. The van der Waals surface area contributed by atoms with Gasteiger partial charge in [0.15, 0.2) is 0 Å². The van der Waals surface area contributed by atoms with Crippen molar-refractivity contribution in [3.8, 4) is 0 Å². The molecule has 29 heavy (non-hydrogen) atoms. The Morgan fingerprint density at radius 1 is 1.31 bits per heavy atom. The molecule has 4 nitrogen and oxygen atoms in total. The van der Waals surface area contributed by atoms with Gasteiger partial charge in [-0.2, -0.15) is 0 Å². The molecule has 0 spiro atoms. The Bertz CT molecular complexity index is 734. The van der Waals surface area contributed by atoms with Crippen LogP contribution in [0.2, 0.25) is 0 Å². The summed E-state index contributed by atoms with van der Waals surface area (Å²) in [7, 11) is 0. The summed E-state index contributed by atoms with van der Waals surface area (Å²) in [6.45, 7) is 9.32. The maximum Gasteiger partial charge on any atom is 0.331 e. The van der Waals surface area contributed by atoms with Gasteiger partial charge in [0.25, 0.3) is 0 Å². The molecular weight excluding hydrogens is 364 g/mol. The summed E-state index contributed by atoms with van der Waals surface area (Å²) in [4.78, 5) is 22.4.